The number of likely N-dealkylation sites (N-methyl/N-ethyl adjacent to an activating group) is 1. The third-order valence-electron chi connectivity index (χ3n) is 4.83. The Morgan fingerprint density at radius 3 is 2.56 bits per heavy atom. The Morgan fingerprint density at radius 1 is 1.33 bits per heavy atom. The summed E-state index contributed by atoms with van der Waals surface area (Å²) < 4.78 is 5.44. The molecule has 4 heteroatoms. The van der Waals surface area contributed by atoms with E-state index < -0.39 is 0 Å². The molecule has 1 atom stereocenters. The molecule has 2 rings (SSSR count). The normalized spacial score (nSPS) is 29.0. The minimum atomic E-state index is 0.342. The molecule has 0 aromatic rings. The summed E-state index contributed by atoms with van der Waals surface area (Å²) in [7, 11) is 4.46. The lowest BCUT2D eigenvalue weighted by Gasteiger charge is -2.46. The fourth-order valence-corrected chi connectivity index (χ4v) is 3.10. The molecule has 0 aromatic carbocycles. The third kappa shape index (κ3) is 3.23. The largest absolute Gasteiger partial charge is 0.380 e. The lowest BCUT2D eigenvalue weighted by atomic mass is 9.85. The van der Waals surface area contributed by atoms with Crippen molar-refractivity contribution in [3.8, 4) is 0 Å². The Bertz CT molecular complexity index is 243. The summed E-state index contributed by atoms with van der Waals surface area (Å²) in [5.41, 5.74) is 0.342. The molecule has 4 nitrogen and oxygen atoms in total. The number of ether oxygens (including phenoxy) is 1. The highest BCUT2D eigenvalue weighted by Gasteiger charge is 2.36. The second kappa shape index (κ2) is 6.33. The SMILES string of the molecule is CCN1CCC(CNC2CCOC2)(N(C)C)CC1. The second-order valence-electron chi connectivity index (χ2n) is 5.99. The molecule has 2 heterocycles. The smallest absolute Gasteiger partial charge is 0.0620 e. The Hall–Kier alpha value is -0.160. The molecule has 2 aliphatic rings. The van der Waals surface area contributed by atoms with E-state index in [1.807, 2.05) is 0 Å². The van der Waals surface area contributed by atoms with Gasteiger partial charge in [-0.3, -0.25) is 0 Å². The Labute approximate surface area is 112 Å². The molecule has 106 valence electrons. The van der Waals surface area contributed by atoms with E-state index in [0.29, 0.717) is 11.6 Å². The summed E-state index contributed by atoms with van der Waals surface area (Å²) in [4.78, 5) is 4.99. The molecular formula is C14H29N3O. The van der Waals surface area contributed by atoms with Crippen molar-refractivity contribution in [1.82, 2.24) is 15.1 Å². The van der Waals surface area contributed by atoms with Gasteiger partial charge in [0.2, 0.25) is 0 Å². The number of likely N-dealkylation sites (tertiary alicyclic amines) is 1. The molecule has 1 unspecified atom stereocenters. The molecule has 2 aliphatic heterocycles. The van der Waals surface area contributed by atoms with Gasteiger partial charge in [0.05, 0.1) is 6.61 Å². The molecule has 2 saturated heterocycles. The maximum atomic E-state index is 5.44. The van der Waals surface area contributed by atoms with Gasteiger partial charge in [-0.15, -0.1) is 0 Å². The van der Waals surface area contributed by atoms with Crippen LogP contribution in [-0.4, -0.2) is 74.9 Å². The van der Waals surface area contributed by atoms with Gasteiger partial charge < -0.3 is 19.9 Å². The second-order valence-corrected chi connectivity index (χ2v) is 5.99. The highest BCUT2D eigenvalue weighted by atomic mass is 16.5. The predicted molar refractivity (Wildman–Crippen MR) is 75.0 cm³/mol. The maximum absolute atomic E-state index is 5.44. The van der Waals surface area contributed by atoms with Crippen molar-refractivity contribution in [3.05, 3.63) is 0 Å². The van der Waals surface area contributed by atoms with E-state index in [1.54, 1.807) is 0 Å². The van der Waals surface area contributed by atoms with E-state index in [4.69, 9.17) is 4.74 Å². The minimum Gasteiger partial charge on any atom is -0.380 e. The first kappa shape index (κ1) is 14.3. The fraction of sp³-hybridized carbons (Fsp3) is 1.00. The molecule has 2 fully saturated rings. The standard InChI is InChI=1S/C14H29N3O/c1-4-17-8-6-14(7-9-17,16(2)3)12-15-13-5-10-18-11-13/h13,15H,4-12H2,1-3H3. The van der Waals surface area contributed by atoms with Crippen molar-refractivity contribution in [2.45, 2.75) is 37.8 Å². The fourth-order valence-electron chi connectivity index (χ4n) is 3.10. The minimum absolute atomic E-state index is 0.342. The monoisotopic (exact) mass is 255 g/mol. The summed E-state index contributed by atoms with van der Waals surface area (Å²) in [6.45, 7) is 8.84. The van der Waals surface area contributed by atoms with Gasteiger partial charge in [-0.25, -0.2) is 0 Å². The zero-order valence-corrected chi connectivity index (χ0v) is 12.2. The highest BCUT2D eigenvalue weighted by Crippen LogP contribution is 2.26. The van der Waals surface area contributed by atoms with Gasteiger partial charge >= 0.3 is 0 Å². The van der Waals surface area contributed by atoms with Gasteiger partial charge in [-0.05, 0) is 53.0 Å². The van der Waals surface area contributed by atoms with Crippen LogP contribution < -0.4 is 5.32 Å². The number of rotatable bonds is 5. The van der Waals surface area contributed by atoms with Crippen LogP contribution in [0, 0.1) is 0 Å². The first-order valence-corrected chi connectivity index (χ1v) is 7.37. The molecule has 0 radical (unpaired) electrons. The Morgan fingerprint density at radius 2 is 2.06 bits per heavy atom. The average Bonchev–Trinajstić information content (AvgIpc) is 2.90. The highest BCUT2D eigenvalue weighted by molar-refractivity contribution is 4.95. The summed E-state index contributed by atoms with van der Waals surface area (Å²) in [6.07, 6.45) is 3.72. The summed E-state index contributed by atoms with van der Waals surface area (Å²) >= 11 is 0. The van der Waals surface area contributed by atoms with E-state index in [0.717, 1.165) is 19.8 Å². The number of piperidine rings is 1. The van der Waals surface area contributed by atoms with Crippen molar-refractivity contribution in [1.29, 1.82) is 0 Å². The zero-order valence-electron chi connectivity index (χ0n) is 12.2. The van der Waals surface area contributed by atoms with Gasteiger partial charge in [0.1, 0.15) is 0 Å². The number of hydrogen-bond acceptors (Lipinski definition) is 4. The molecule has 0 amide bonds. The van der Waals surface area contributed by atoms with E-state index in [-0.39, 0.29) is 0 Å². The molecule has 0 spiro atoms. The van der Waals surface area contributed by atoms with Crippen molar-refractivity contribution in [3.63, 3.8) is 0 Å². The predicted octanol–water partition coefficient (Wildman–Crippen LogP) is 0.781. The van der Waals surface area contributed by atoms with Gasteiger partial charge in [0.15, 0.2) is 0 Å². The molecule has 0 aliphatic carbocycles. The molecular weight excluding hydrogens is 226 g/mol. The van der Waals surface area contributed by atoms with Crippen LogP contribution in [0.1, 0.15) is 26.2 Å². The van der Waals surface area contributed by atoms with Crippen LogP contribution in [0.5, 0.6) is 0 Å². The maximum Gasteiger partial charge on any atom is 0.0620 e. The summed E-state index contributed by atoms with van der Waals surface area (Å²) in [5, 5.41) is 3.72. The van der Waals surface area contributed by atoms with Crippen LogP contribution in [0.2, 0.25) is 0 Å². The average molecular weight is 255 g/mol. The van der Waals surface area contributed by atoms with Crippen LogP contribution in [0.4, 0.5) is 0 Å². The molecule has 0 saturated carbocycles. The first-order valence-electron chi connectivity index (χ1n) is 7.37. The summed E-state index contributed by atoms with van der Waals surface area (Å²) in [5.74, 6) is 0. The summed E-state index contributed by atoms with van der Waals surface area (Å²) in [6, 6.07) is 0.575. The van der Waals surface area contributed by atoms with Crippen LogP contribution >= 0.6 is 0 Å². The number of hydrogen-bond donors (Lipinski definition) is 1. The quantitative estimate of drug-likeness (QED) is 0.786. The van der Waals surface area contributed by atoms with Crippen molar-refractivity contribution >= 4 is 0 Å². The Kier molecular flexibility index (Phi) is 5.01. The van der Waals surface area contributed by atoms with Crippen molar-refractivity contribution in [2.24, 2.45) is 0 Å². The van der Waals surface area contributed by atoms with E-state index in [1.165, 1.54) is 38.9 Å². The van der Waals surface area contributed by atoms with Gasteiger partial charge in [-0.2, -0.15) is 0 Å². The molecule has 1 N–H and O–H groups in total. The van der Waals surface area contributed by atoms with Crippen molar-refractivity contribution in [2.75, 3.05) is 53.5 Å². The molecule has 18 heavy (non-hydrogen) atoms. The molecule has 0 bridgehead atoms. The number of nitrogens with zero attached hydrogens (tertiary/aromatic N) is 2. The van der Waals surface area contributed by atoms with Crippen LogP contribution in [-0.2, 0) is 4.74 Å². The molecule has 0 aromatic heterocycles. The van der Waals surface area contributed by atoms with E-state index in [9.17, 15) is 0 Å². The van der Waals surface area contributed by atoms with E-state index in [2.05, 4.69) is 36.1 Å². The zero-order chi connectivity index (χ0) is 13.0. The lowest BCUT2D eigenvalue weighted by molar-refractivity contribution is 0.0552. The van der Waals surface area contributed by atoms with Gasteiger partial charge in [0.25, 0.3) is 0 Å². The van der Waals surface area contributed by atoms with Crippen molar-refractivity contribution < 1.29 is 4.74 Å². The van der Waals surface area contributed by atoms with E-state index >= 15 is 0 Å². The Balaban J connectivity index is 1.86. The first-order chi connectivity index (χ1) is 8.66. The van der Waals surface area contributed by atoms with Gasteiger partial charge in [-0.1, -0.05) is 6.92 Å². The lowest BCUT2D eigenvalue weighted by Crippen LogP contribution is -2.58. The topological polar surface area (TPSA) is 27.7 Å². The van der Waals surface area contributed by atoms with Crippen LogP contribution in [0.25, 0.3) is 0 Å². The van der Waals surface area contributed by atoms with Gasteiger partial charge in [0, 0.05) is 24.7 Å². The van der Waals surface area contributed by atoms with Crippen LogP contribution in [0.3, 0.4) is 0 Å². The number of nitrogens with one attached hydrogen (secondary N) is 1. The third-order valence-corrected chi connectivity index (χ3v) is 4.83. The van der Waals surface area contributed by atoms with Crippen LogP contribution in [0.15, 0.2) is 0 Å².